The Hall–Kier alpha value is -0.606. The van der Waals surface area contributed by atoms with Gasteiger partial charge >= 0.3 is 0 Å². The van der Waals surface area contributed by atoms with Gasteiger partial charge in [-0.1, -0.05) is 30.3 Å². The SMILES string of the molecule is CN=CCCN1CCCC1.OCc1ccccc1.[V]. The zero-order valence-electron chi connectivity index (χ0n) is 11.7. The Balaban J connectivity index is 0.000000331. The number of hydrogen-bond acceptors (Lipinski definition) is 3. The fraction of sp³-hybridized carbons (Fsp3) is 0.533. The predicted molar refractivity (Wildman–Crippen MR) is 77.1 cm³/mol. The third-order valence-corrected chi connectivity index (χ3v) is 2.98. The predicted octanol–water partition coefficient (Wildman–Crippen LogP) is 2.35. The average molecular weight is 299 g/mol. The van der Waals surface area contributed by atoms with Crippen LogP contribution in [0.4, 0.5) is 0 Å². The molecule has 1 aliphatic heterocycles. The molecule has 2 rings (SSSR count). The minimum atomic E-state index is 0. The number of benzene rings is 1. The van der Waals surface area contributed by atoms with Crippen LogP contribution in [0, 0.1) is 0 Å². The van der Waals surface area contributed by atoms with Gasteiger partial charge in [-0.25, -0.2) is 0 Å². The van der Waals surface area contributed by atoms with Gasteiger partial charge in [0.2, 0.25) is 0 Å². The number of likely N-dealkylation sites (tertiary alicyclic amines) is 1. The van der Waals surface area contributed by atoms with Gasteiger partial charge in [-0.2, -0.15) is 0 Å². The van der Waals surface area contributed by atoms with E-state index in [2.05, 4.69) is 9.89 Å². The second kappa shape index (κ2) is 12.4. The number of rotatable bonds is 4. The van der Waals surface area contributed by atoms with E-state index in [4.69, 9.17) is 5.11 Å². The zero-order chi connectivity index (χ0) is 13.1. The molecule has 0 atom stereocenters. The molecule has 19 heavy (non-hydrogen) atoms. The van der Waals surface area contributed by atoms with Crippen LogP contribution in [0.5, 0.6) is 0 Å². The van der Waals surface area contributed by atoms with E-state index in [0.29, 0.717) is 0 Å². The summed E-state index contributed by atoms with van der Waals surface area (Å²) in [4.78, 5) is 6.45. The van der Waals surface area contributed by atoms with Gasteiger partial charge in [0.1, 0.15) is 0 Å². The van der Waals surface area contributed by atoms with Crippen molar-refractivity contribution >= 4 is 6.21 Å². The van der Waals surface area contributed by atoms with Crippen molar-refractivity contribution < 1.29 is 23.7 Å². The molecule has 0 aliphatic carbocycles. The Kier molecular flexibility index (Phi) is 12.0. The third-order valence-electron chi connectivity index (χ3n) is 2.98. The van der Waals surface area contributed by atoms with Crippen molar-refractivity contribution in [2.45, 2.75) is 25.9 Å². The molecular weight excluding hydrogens is 275 g/mol. The minimum Gasteiger partial charge on any atom is -0.392 e. The van der Waals surface area contributed by atoms with Gasteiger partial charge in [0.25, 0.3) is 0 Å². The maximum Gasteiger partial charge on any atom is 0.0681 e. The normalized spacial score (nSPS) is 14.8. The van der Waals surface area contributed by atoms with E-state index in [1.54, 1.807) is 0 Å². The summed E-state index contributed by atoms with van der Waals surface area (Å²) in [5, 5.41) is 8.54. The Morgan fingerprint density at radius 3 is 2.32 bits per heavy atom. The second-order valence-electron chi connectivity index (χ2n) is 4.42. The van der Waals surface area contributed by atoms with Crippen molar-refractivity contribution in [3.8, 4) is 0 Å². The van der Waals surface area contributed by atoms with E-state index in [0.717, 1.165) is 12.0 Å². The van der Waals surface area contributed by atoms with Crippen molar-refractivity contribution in [2.75, 3.05) is 26.7 Å². The monoisotopic (exact) mass is 299 g/mol. The summed E-state index contributed by atoms with van der Waals surface area (Å²) in [6.07, 6.45) is 5.90. The van der Waals surface area contributed by atoms with Gasteiger partial charge in [0.15, 0.2) is 0 Å². The number of aliphatic hydroxyl groups excluding tert-OH is 1. The van der Waals surface area contributed by atoms with E-state index < -0.39 is 0 Å². The fourth-order valence-corrected chi connectivity index (χ4v) is 1.96. The molecular formula is C15H24N2OV. The molecule has 1 N–H and O–H groups in total. The van der Waals surface area contributed by atoms with Crippen molar-refractivity contribution in [1.82, 2.24) is 4.90 Å². The maximum absolute atomic E-state index is 8.54. The molecule has 105 valence electrons. The van der Waals surface area contributed by atoms with Crippen molar-refractivity contribution in [1.29, 1.82) is 0 Å². The van der Waals surface area contributed by atoms with Gasteiger partial charge in [0, 0.05) is 32.1 Å². The van der Waals surface area contributed by atoms with Crippen LogP contribution < -0.4 is 0 Å². The Morgan fingerprint density at radius 1 is 1.21 bits per heavy atom. The molecule has 0 bridgehead atoms. The van der Waals surface area contributed by atoms with Crippen LogP contribution in [0.25, 0.3) is 0 Å². The molecule has 1 aliphatic rings. The Labute approximate surface area is 128 Å². The van der Waals surface area contributed by atoms with E-state index in [-0.39, 0.29) is 25.2 Å². The minimum absolute atomic E-state index is 0. The molecule has 0 unspecified atom stereocenters. The molecule has 1 saturated heterocycles. The van der Waals surface area contributed by atoms with Crippen molar-refractivity contribution in [2.24, 2.45) is 4.99 Å². The molecule has 1 aromatic carbocycles. The summed E-state index contributed by atoms with van der Waals surface area (Å²) in [5.74, 6) is 0. The molecule has 0 aromatic heterocycles. The smallest absolute Gasteiger partial charge is 0.0681 e. The number of aliphatic imine (C=N–C) groups is 1. The summed E-state index contributed by atoms with van der Waals surface area (Å²) in [5.41, 5.74) is 0.965. The van der Waals surface area contributed by atoms with E-state index >= 15 is 0 Å². The van der Waals surface area contributed by atoms with Gasteiger partial charge in [-0.3, -0.25) is 0 Å². The summed E-state index contributed by atoms with van der Waals surface area (Å²) in [6.45, 7) is 3.95. The first-order valence-electron chi connectivity index (χ1n) is 6.64. The van der Waals surface area contributed by atoms with Crippen LogP contribution >= 0.6 is 0 Å². The van der Waals surface area contributed by atoms with Gasteiger partial charge in [-0.15, -0.1) is 0 Å². The van der Waals surface area contributed by atoms with Crippen molar-refractivity contribution in [3.63, 3.8) is 0 Å². The zero-order valence-corrected chi connectivity index (χ0v) is 13.1. The summed E-state index contributed by atoms with van der Waals surface area (Å²) >= 11 is 0. The molecule has 3 nitrogen and oxygen atoms in total. The third kappa shape index (κ3) is 9.01. The first-order chi connectivity index (χ1) is 8.86. The van der Waals surface area contributed by atoms with Gasteiger partial charge < -0.3 is 15.0 Å². The number of hydrogen-bond donors (Lipinski definition) is 1. The number of nitrogens with zero attached hydrogens (tertiary/aromatic N) is 2. The van der Waals surface area contributed by atoms with Crippen LogP contribution in [-0.2, 0) is 25.2 Å². The Morgan fingerprint density at radius 2 is 1.84 bits per heavy atom. The first kappa shape index (κ1) is 18.4. The second-order valence-corrected chi connectivity index (χ2v) is 4.42. The maximum atomic E-state index is 8.54. The Bertz CT molecular complexity index is 324. The average Bonchev–Trinajstić information content (AvgIpc) is 2.94. The molecule has 0 saturated carbocycles. The van der Waals surface area contributed by atoms with Crippen LogP contribution in [0.2, 0.25) is 0 Å². The fourth-order valence-electron chi connectivity index (χ4n) is 1.96. The topological polar surface area (TPSA) is 35.8 Å². The van der Waals surface area contributed by atoms with Crippen LogP contribution in [0.3, 0.4) is 0 Å². The first-order valence-corrected chi connectivity index (χ1v) is 6.64. The summed E-state index contributed by atoms with van der Waals surface area (Å²) < 4.78 is 0. The van der Waals surface area contributed by atoms with Crippen LogP contribution in [0.15, 0.2) is 35.3 Å². The molecule has 1 fully saturated rings. The van der Waals surface area contributed by atoms with Crippen LogP contribution in [0.1, 0.15) is 24.8 Å². The van der Waals surface area contributed by atoms with E-state index in [9.17, 15) is 0 Å². The van der Waals surface area contributed by atoms with E-state index in [1.165, 1.54) is 32.5 Å². The van der Waals surface area contributed by atoms with Gasteiger partial charge in [0.05, 0.1) is 6.61 Å². The van der Waals surface area contributed by atoms with Gasteiger partial charge in [-0.05, 0) is 44.1 Å². The molecule has 1 heterocycles. The molecule has 1 aromatic rings. The molecule has 0 amide bonds. The van der Waals surface area contributed by atoms with Crippen molar-refractivity contribution in [3.05, 3.63) is 35.9 Å². The molecule has 0 spiro atoms. The quantitative estimate of drug-likeness (QED) is 0.866. The largest absolute Gasteiger partial charge is 0.392 e. The number of aliphatic hydroxyl groups is 1. The molecule has 1 radical (unpaired) electrons. The van der Waals surface area contributed by atoms with E-state index in [1.807, 2.05) is 43.6 Å². The standard InChI is InChI=1S/C8H16N2.C7H8O.V/c1-9-5-4-8-10-6-2-3-7-10;8-6-7-4-2-1-3-5-7;/h5H,2-4,6-8H2,1H3;1-5,8H,6H2;. The molecule has 4 heteroatoms. The summed E-state index contributed by atoms with van der Waals surface area (Å²) in [7, 11) is 1.84. The summed E-state index contributed by atoms with van der Waals surface area (Å²) in [6, 6.07) is 9.52. The van der Waals surface area contributed by atoms with Crippen LogP contribution in [-0.4, -0.2) is 42.9 Å².